The van der Waals surface area contributed by atoms with Crippen molar-refractivity contribution in [3.63, 3.8) is 0 Å². The van der Waals surface area contributed by atoms with E-state index < -0.39 is 17.7 Å². The third-order valence-electron chi connectivity index (χ3n) is 6.86. The summed E-state index contributed by atoms with van der Waals surface area (Å²) in [6.07, 6.45) is 2.73. The van der Waals surface area contributed by atoms with E-state index in [-0.39, 0.29) is 16.7 Å². The van der Waals surface area contributed by atoms with Crippen LogP contribution in [0.2, 0.25) is 0 Å². The van der Waals surface area contributed by atoms with Crippen LogP contribution in [0.3, 0.4) is 0 Å². The predicted molar refractivity (Wildman–Crippen MR) is 149 cm³/mol. The molecule has 0 radical (unpaired) electrons. The first kappa shape index (κ1) is 28.5. The largest absolute Gasteiger partial charge is 0.507 e. The minimum atomic E-state index is -0.644. The van der Waals surface area contributed by atoms with Gasteiger partial charge in [-0.15, -0.1) is 0 Å². The van der Waals surface area contributed by atoms with Crippen LogP contribution in [0.25, 0.3) is 5.76 Å². The molecule has 0 unspecified atom stereocenters. The molecule has 2 aromatic rings. The van der Waals surface area contributed by atoms with Crippen molar-refractivity contribution in [2.24, 2.45) is 0 Å². The van der Waals surface area contributed by atoms with Gasteiger partial charge in [0.25, 0.3) is 11.7 Å². The van der Waals surface area contributed by atoms with Crippen molar-refractivity contribution in [1.82, 2.24) is 9.80 Å². The van der Waals surface area contributed by atoms with E-state index in [1.807, 2.05) is 51.4 Å². The Kier molecular flexibility index (Phi) is 9.19. The molecule has 1 amide bonds. The summed E-state index contributed by atoms with van der Waals surface area (Å²) in [5, 5.41) is 11.5. The number of benzene rings is 2. The van der Waals surface area contributed by atoms with Gasteiger partial charge in [0.1, 0.15) is 11.5 Å². The number of aryl methyl sites for hydroxylation is 1. The number of hydrogen-bond donors (Lipinski definition) is 1. The minimum absolute atomic E-state index is 0.0237. The van der Waals surface area contributed by atoms with Gasteiger partial charge < -0.3 is 19.6 Å². The molecule has 6 heteroatoms. The molecule has 0 spiro atoms. The van der Waals surface area contributed by atoms with Crippen LogP contribution in [0.1, 0.15) is 75.3 Å². The molecule has 0 aromatic heterocycles. The average molecular weight is 507 g/mol. The van der Waals surface area contributed by atoms with Gasteiger partial charge in [0.15, 0.2) is 0 Å². The monoisotopic (exact) mass is 506 g/mol. The van der Waals surface area contributed by atoms with Crippen molar-refractivity contribution in [2.45, 2.75) is 65.3 Å². The summed E-state index contributed by atoms with van der Waals surface area (Å²) in [6, 6.07) is 12.8. The van der Waals surface area contributed by atoms with Gasteiger partial charge in [0.2, 0.25) is 0 Å². The Bertz CT molecular complexity index is 1140. The number of aliphatic hydroxyl groups excluding tert-OH is 1. The Labute approximate surface area is 221 Å². The van der Waals surface area contributed by atoms with Gasteiger partial charge in [-0.05, 0) is 80.7 Å². The highest BCUT2D eigenvalue weighted by Crippen LogP contribution is 2.40. The number of nitrogens with zero attached hydrogens (tertiary/aromatic N) is 2. The van der Waals surface area contributed by atoms with Crippen LogP contribution in [0.4, 0.5) is 0 Å². The van der Waals surface area contributed by atoms with Gasteiger partial charge in [-0.2, -0.15) is 0 Å². The van der Waals surface area contributed by atoms with Gasteiger partial charge in [-0.25, -0.2) is 0 Å². The zero-order valence-corrected chi connectivity index (χ0v) is 23.4. The molecule has 0 saturated carbocycles. The van der Waals surface area contributed by atoms with Gasteiger partial charge in [-0.3, -0.25) is 9.59 Å². The Hall–Kier alpha value is -3.12. The third kappa shape index (κ3) is 6.61. The molecule has 200 valence electrons. The molecular formula is C31H42N2O4. The summed E-state index contributed by atoms with van der Waals surface area (Å²) >= 11 is 0. The first-order valence-corrected chi connectivity index (χ1v) is 13.2. The summed E-state index contributed by atoms with van der Waals surface area (Å²) in [7, 11) is 3.96. The fourth-order valence-electron chi connectivity index (χ4n) is 4.65. The maximum absolute atomic E-state index is 13.3. The van der Waals surface area contributed by atoms with Crippen LogP contribution < -0.4 is 4.74 Å². The van der Waals surface area contributed by atoms with Gasteiger partial charge in [0, 0.05) is 12.1 Å². The van der Waals surface area contributed by atoms with E-state index in [1.165, 1.54) is 0 Å². The molecule has 37 heavy (non-hydrogen) atoms. The average Bonchev–Trinajstić information content (AvgIpc) is 3.08. The highest BCUT2D eigenvalue weighted by Gasteiger charge is 2.46. The smallest absolute Gasteiger partial charge is 0.295 e. The zero-order valence-electron chi connectivity index (χ0n) is 23.4. The molecule has 1 heterocycles. The second-order valence-corrected chi connectivity index (χ2v) is 11.2. The molecule has 0 aliphatic carbocycles. The van der Waals surface area contributed by atoms with Crippen molar-refractivity contribution >= 4 is 17.4 Å². The van der Waals surface area contributed by atoms with Crippen molar-refractivity contribution in [3.05, 3.63) is 70.3 Å². The van der Waals surface area contributed by atoms with E-state index in [0.29, 0.717) is 18.7 Å². The second-order valence-electron chi connectivity index (χ2n) is 11.2. The maximum atomic E-state index is 13.3. The second kappa shape index (κ2) is 12.0. The highest BCUT2D eigenvalue weighted by atomic mass is 16.5. The van der Waals surface area contributed by atoms with Gasteiger partial charge in [-0.1, -0.05) is 58.4 Å². The van der Waals surface area contributed by atoms with Gasteiger partial charge in [0.05, 0.1) is 18.2 Å². The number of amides is 1. The van der Waals surface area contributed by atoms with E-state index in [0.717, 1.165) is 48.2 Å². The maximum Gasteiger partial charge on any atom is 0.295 e. The lowest BCUT2D eigenvalue weighted by Gasteiger charge is -2.27. The van der Waals surface area contributed by atoms with Crippen molar-refractivity contribution in [2.75, 3.05) is 33.8 Å². The number of unbranched alkanes of at least 4 members (excludes halogenated alkanes) is 1. The molecule has 3 rings (SSSR count). The van der Waals surface area contributed by atoms with Crippen LogP contribution >= 0.6 is 0 Å². The molecule has 1 aliphatic rings. The molecular weight excluding hydrogens is 464 g/mol. The molecule has 2 aromatic carbocycles. The number of rotatable bonds is 10. The topological polar surface area (TPSA) is 70.1 Å². The Morgan fingerprint density at radius 3 is 2.30 bits per heavy atom. The molecule has 1 N–H and O–H groups in total. The van der Waals surface area contributed by atoms with Crippen molar-refractivity contribution in [1.29, 1.82) is 0 Å². The minimum Gasteiger partial charge on any atom is -0.507 e. The Morgan fingerprint density at radius 2 is 1.73 bits per heavy atom. The number of aliphatic hydroxyl groups is 1. The van der Waals surface area contributed by atoms with E-state index in [9.17, 15) is 14.7 Å². The van der Waals surface area contributed by atoms with Crippen LogP contribution in [-0.2, 0) is 15.0 Å². The van der Waals surface area contributed by atoms with E-state index in [1.54, 1.807) is 17.0 Å². The zero-order chi connectivity index (χ0) is 27.3. The lowest BCUT2D eigenvalue weighted by molar-refractivity contribution is -0.139. The van der Waals surface area contributed by atoms with Crippen molar-refractivity contribution < 1.29 is 19.4 Å². The molecule has 1 fully saturated rings. The van der Waals surface area contributed by atoms with Crippen LogP contribution in [0.5, 0.6) is 5.75 Å². The Balaban J connectivity index is 2.06. The number of hydrogen-bond acceptors (Lipinski definition) is 5. The molecule has 1 aliphatic heterocycles. The normalized spacial score (nSPS) is 17.6. The van der Waals surface area contributed by atoms with Gasteiger partial charge >= 0.3 is 0 Å². The predicted octanol–water partition coefficient (Wildman–Crippen LogP) is 5.84. The van der Waals surface area contributed by atoms with Crippen molar-refractivity contribution in [3.8, 4) is 5.75 Å². The Morgan fingerprint density at radius 1 is 1.05 bits per heavy atom. The number of ether oxygens (including phenoxy) is 1. The fourth-order valence-corrected chi connectivity index (χ4v) is 4.65. The first-order valence-electron chi connectivity index (χ1n) is 13.2. The van der Waals surface area contributed by atoms with E-state index in [4.69, 9.17) is 4.74 Å². The van der Waals surface area contributed by atoms with E-state index >= 15 is 0 Å². The summed E-state index contributed by atoms with van der Waals surface area (Å²) in [5.41, 5.74) is 3.41. The SMILES string of the molecule is CCCCOc1ccc(C(O)=C2C(=O)C(=O)N(CCCN(C)C)[C@H]2c2ccc(C(C)(C)C)cc2)c(C)c1. The summed E-state index contributed by atoms with van der Waals surface area (Å²) < 4.78 is 5.80. The number of carbonyl (C=O) groups excluding carboxylic acids is 2. The fraction of sp³-hybridized carbons (Fsp3) is 0.484. The number of likely N-dealkylation sites (tertiary alicyclic amines) is 1. The number of ketones is 1. The lowest BCUT2D eigenvalue weighted by atomic mass is 9.85. The molecule has 1 saturated heterocycles. The summed E-state index contributed by atoms with van der Waals surface area (Å²) in [4.78, 5) is 30.2. The highest BCUT2D eigenvalue weighted by molar-refractivity contribution is 6.46. The number of carbonyl (C=O) groups is 2. The first-order chi connectivity index (χ1) is 17.5. The van der Waals surface area contributed by atoms with E-state index in [2.05, 4.69) is 32.6 Å². The van der Waals surface area contributed by atoms with Crippen LogP contribution in [0.15, 0.2) is 48.0 Å². The molecule has 1 atom stereocenters. The third-order valence-corrected chi connectivity index (χ3v) is 6.86. The lowest BCUT2D eigenvalue weighted by Crippen LogP contribution is -2.32. The van der Waals surface area contributed by atoms with Crippen LogP contribution in [-0.4, -0.2) is 60.4 Å². The summed E-state index contributed by atoms with van der Waals surface area (Å²) in [6.45, 7) is 12.3. The molecule has 6 nitrogen and oxygen atoms in total. The quantitative estimate of drug-likeness (QED) is 0.190. The molecule has 0 bridgehead atoms. The summed E-state index contributed by atoms with van der Waals surface area (Å²) in [5.74, 6) is -0.630. The number of Topliss-reactive ketones (excluding diaryl/α,β-unsaturated/α-hetero) is 1. The van der Waals surface area contributed by atoms with Crippen LogP contribution in [0, 0.1) is 6.92 Å². The standard InChI is InChI=1S/C31H42N2O4/c1-8-9-19-37-24-15-16-25(21(2)20-24)28(34)26-27(22-11-13-23(14-12-22)31(3,4)5)33(30(36)29(26)35)18-10-17-32(6)7/h11-16,20,27,34H,8-10,17-19H2,1-7H3/t27-/m0/s1.